The Morgan fingerprint density at radius 1 is 1.05 bits per heavy atom. The molecule has 0 radical (unpaired) electrons. The van der Waals surface area contributed by atoms with Crippen LogP contribution in [-0.4, -0.2) is 5.84 Å². The molecule has 1 aliphatic heterocycles. The van der Waals surface area contributed by atoms with E-state index in [1.165, 1.54) is 22.4 Å². The van der Waals surface area contributed by atoms with Gasteiger partial charge in [-0.25, -0.2) is 0 Å². The van der Waals surface area contributed by atoms with Gasteiger partial charge >= 0.3 is 0 Å². The van der Waals surface area contributed by atoms with Gasteiger partial charge in [-0.2, -0.15) is 0 Å². The van der Waals surface area contributed by atoms with Crippen molar-refractivity contribution in [2.75, 3.05) is 4.90 Å². The molecule has 0 atom stereocenters. The lowest BCUT2D eigenvalue weighted by molar-refractivity contribution is 1.00. The van der Waals surface area contributed by atoms with E-state index in [0.717, 1.165) is 13.0 Å². The summed E-state index contributed by atoms with van der Waals surface area (Å²) in [6.07, 6.45) is 0.752. The van der Waals surface area contributed by atoms with Crippen LogP contribution in [0.1, 0.15) is 16.7 Å². The van der Waals surface area contributed by atoms with Crippen LogP contribution < -0.4 is 4.90 Å². The Balaban J connectivity index is 0.00000133. The maximum atomic E-state index is 8.11. The molecule has 2 nitrogen and oxygen atoms in total. The zero-order valence-electron chi connectivity index (χ0n) is 10.9. The third-order valence-electron chi connectivity index (χ3n) is 3.43. The molecule has 0 unspecified atom stereocenters. The molecule has 0 amide bonds. The number of aryl methyl sites for hydroxylation is 1. The molecule has 2 aromatic carbocycles. The summed E-state index contributed by atoms with van der Waals surface area (Å²) in [6, 6.07) is 16.8. The van der Waals surface area contributed by atoms with E-state index < -0.39 is 0 Å². The van der Waals surface area contributed by atoms with E-state index in [1.807, 2.05) is 12.1 Å². The first kappa shape index (κ1) is 13.6. The highest BCUT2D eigenvalue weighted by Crippen LogP contribution is 2.29. The monoisotopic (exact) mass is 272 g/mol. The Morgan fingerprint density at radius 3 is 2.47 bits per heavy atom. The van der Waals surface area contributed by atoms with Crippen LogP contribution in [-0.2, 0) is 13.0 Å². The number of nitrogens with zero attached hydrogens (tertiary/aromatic N) is 1. The molecule has 0 fully saturated rings. The molecule has 1 heterocycles. The lowest BCUT2D eigenvalue weighted by atomic mass is 10.1. The minimum Gasteiger partial charge on any atom is -0.325 e. The maximum Gasteiger partial charge on any atom is 0.105 e. The Morgan fingerprint density at radius 2 is 1.74 bits per heavy atom. The molecule has 0 spiro atoms. The van der Waals surface area contributed by atoms with Crippen LogP contribution in [0, 0.1) is 12.3 Å². The van der Waals surface area contributed by atoms with Gasteiger partial charge < -0.3 is 4.90 Å². The zero-order valence-corrected chi connectivity index (χ0v) is 11.7. The van der Waals surface area contributed by atoms with Crippen molar-refractivity contribution in [2.24, 2.45) is 0 Å². The predicted molar refractivity (Wildman–Crippen MR) is 82.5 cm³/mol. The predicted octanol–water partition coefficient (Wildman–Crippen LogP) is 3.96. The highest BCUT2D eigenvalue weighted by Gasteiger charge is 2.23. The topological polar surface area (TPSA) is 27.1 Å². The van der Waals surface area contributed by atoms with Gasteiger partial charge in [-0.1, -0.05) is 48.0 Å². The van der Waals surface area contributed by atoms with E-state index in [2.05, 4.69) is 48.2 Å². The van der Waals surface area contributed by atoms with E-state index in [1.54, 1.807) is 0 Å². The maximum absolute atomic E-state index is 8.11. The van der Waals surface area contributed by atoms with Crippen LogP contribution in [0.2, 0.25) is 0 Å². The van der Waals surface area contributed by atoms with Crippen LogP contribution in [0.3, 0.4) is 0 Å². The van der Waals surface area contributed by atoms with Crippen molar-refractivity contribution in [3.63, 3.8) is 0 Å². The Labute approximate surface area is 120 Å². The molecule has 0 bridgehead atoms. The number of para-hydroxylation sites is 1. The first-order chi connectivity index (χ1) is 8.74. The minimum atomic E-state index is 0. The number of benzene rings is 2. The number of nitrogens with one attached hydrogen (secondary N) is 1. The number of fused-ring (bicyclic) bond motifs is 1. The van der Waals surface area contributed by atoms with E-state index in [4.69, 9.17) is 5.41 Å². The van der Waals surface area contributed by atoms with Crippen molar-refractivity contribution in [1.29, 1.82) is 5.41 Å². The zero-order chi connectivity index (χ0) is 12.5. The summed E-state index contributed by atoms with van der Waals surface area (Å²) in [5.74, 6) is 0.691. The van der Waals surface area contributed by atoms with Crippen molar-refractivity contribution in [3.8, 4) is 0 Å². The summed E-state index contributed by atoms with van der Waals surface area (Å²) in [6.45, 7) is 2.88. The summed E-state index contributed by atoms with van der Waals surface area (Å²) < 4.78 is 0. The summed E-state index contributed by atoms with van der Waals surface area (Å²) in [5, 5.41) is 8.11. The van der Waals surface area contributed by atoms with Gasteiger partial charge in [0.25, 0.3) is 0 Å². The number of anilines is 1. The van der Waals surface area contributed by atoms with E-state index in [0.29, 0.717) is 5.84 Å². The highest BCUT2D eigenvalue weighted by atomic mass is 35.5. The van der Waals surface area contributed by atoms with Crippen LogP contribution >= 0.6 is 12.4 Å². The standard InChI is InChI=1S/C16H16N2.ClH/c1-12-6-8-13(9-7-12)11-18-15-5-3-2-4-14(15)10-16(18)17;/h2-9,17H,10-11H2,1H3;1H. The fourth-order valence-electron chi connectivity index (χ4n) is 2.40. The van der Waals surface area contributed by atoms with Gasteiger partial charge in [0.05, 0.1) is 0 Å². The van der Waals surface area contributed by atoms with E-state index in [9.17, 15) is 0 Å². The van der Waals surface area contributed by atoms with E-state index >= 15 is 0 Å². The van der Waals surface area contributed by atoms with Crippen LogP contribution in [0.25, 0.3) is 0 Å². The van der Waals surface area contributed by atoms with Gasteiger partial charge in [0.1, 0.15) is 5.84 Å². The number of hydrogen-bond donors (Lipinski definition) is 1. The molecule has 19 heavy (non-hydrogen) atoms. The van der Waals surface area contributed by atoms with Gasteiger partial charge in [0.15, 0.2) is 0 Å². The molecule has 0 saturated carbocycles. The SMILES string of the molecule is Cc1ccc(CN2C(=N)Cc3ccccc32)cc1.Cl. The summed E-state index contributed by atoms with van der Waals surface area (Å²) in [5.41, 5.74) is 4.97. The van der Waals surface area contributed by atoms with Crippen molar-refractivity contribution in [2.45, 2.75) is 19.9 Å². The Kier molecular flexibility index (Phi) is 3.91. The molecule has 0 saturated heterocycles. The summed E-state index contributed by atoms with van der Waals surface area (Å²) in [4.78, 5) is 2.10. The second kappa shape index (κ2) is 5.45. The molecule has 2 aromatic rings. The number of rotatable bonds is 2. The molecule has 3 rings (SSSR count). The third kappa shape index (κ3) is 2.64. The summed E-state index contributed by atoms with van der Waals surface area (Å²) >= 11 is 0. The highest BCUT2D eigenvalue weighted by molar-refractivity contribution is 6.03. The lowest BCUT2D eigenvalue weighted by Crippen LogP contribution is -2.25. The van der Waals surface area contributed by atoms with Crippen LogP contribution in [0.4, 0.5) is 5.69 Å². The molecule has 0 aromatic heterocycles. The first-order valence-corrected chi connectivity index (χ1v) is 6.22. The second-order valence-corrected chi connectivity index (χ2v) is 4.82. The molecule has 98 valence electrons. The molecular weight excluding hydrogens is 256 g/mol. The Bertz CT molecular complexity index is 590. The van der Waals surface area contributed by atoms with Crippen molar-refractivity contribution < 1.29 is 0 Å². The van der Waals surface area contributed by atoms with Gasteiger partial charge in [-0.05, 0) is 24.1 Å². The fraction of sp³-hybridized carbons (Fsp3) is 0.188. The van der Waals surface area contributed by atoms with E-state index in [-0.39, 0.29) is 12.4 Å². The molecule has 1 aliphatic rings. The van der Waals surface area contributed by atoms with Crippen molar-refractivity contribution in [3.05, 3.63) is 65.2 Å². The first-order valence-electron chi connectivity index (χ1n) is 6.22. The average molecular weight is 273 g/mol. The smallest absolute Gasteiger partial charge is 0.105 e. The van der Waals surface area contributed by atoms with Crippen molar-refractivity contribution in [1.82, 2.24) is 0 Å². The second-order valence-electron chi connectivity index (χ2n) is 4.82. The summed E-state index contributed by atoms with van der Waals surface area (Å²) in [7, 11) is 0. The van der Waals surface area contributed by atoms with Gasteiger partial charge in [-0.3, -0.25) is 5.41 Å². The Hall–Kier alpha value is -1.80. The average Bonchev–Trinajstić information content (AvgIpc) is 2.69. The largest absolute Gasteiger partial charge is 0.325 e. The number of amidine groups is 1. The molecule has 3 heteroatoms. The third-order valence-corrected chi connectivity index (χ3v) is 3.43. The fourth-order valence-corrected chi connectivity index (χ4v) is 2.40. The van der Waals surface area contributed by atoms with Crippen LogP contribution in [0.15, 0.2) is 48.5 Å². The number of hydrogen-bond acceptors (Lipinski definition) is 1. The number of halogens is 1. The quantitative estimate of drug-likeness (QED) is 0.880. The van der Waals surface area contributed by atoms with Crippen LogP contribution in [0.5, 0.6) is 0 Å². The molecule has 0 aliphatic carbocycles. The van der Waals surface area contributed by atoms with Crippen molar-refractivity contribution >= 4 is 23.9 Å². The van der Waals surface area contributed by atoms with Gasteiger partial charge in [0.2, 0.25) is 0 Å². The molecule has 1 N–H and O–H groups in total. The van der Waals surface area contributed by atoms with Gasteiger partial charge in [-0.15, -0.1) is 12.4 Å². The molecular formula is C16H17ClN2. The van der Waals surface area contributed by atoms with Gasteiger partial charge in [0, 0.05) is 18.7 Å². The lowest BCUT2D eigenvalue weighted by Gasteiger charge is -2.19. The normalized spacial score (nSPS) is 13.1. The minimum absolute atomic E-state index is 0.